The number of ether oxygens (including phenoxy) is 2. The van der Waals surface area contributed by atoms with Crippen LogP contribution in [-0.2, 0) is 4.74 Å². The van der Waals surface area contributed by atoms with E-state index in [0.717, 1.165) is 22.1 Å². The molecule has 0 spiro atoms. The van der Waals surface area contributed by atoms with Gasteiger partial charge in [-0.05, 0) is 19.2 Å². The average Bonchev–Trinajstić information content (AvgIpc) is 2.50. The summed E-state index contributed by atoms with van der Waals surface area (Å²) in [4.78, 5) is 0. The normalized spacial score (nSPS) is 14.1. The predicted molar refractivity (Wildman–Crippen MR) is 84.5 cm³/mol. The molecule has 2 aromatic carbocycles. The first-order valence-electron chi connectivity index (χ1n) is 7.29. The van der Waals surface area contributed by atoms with Crippen LogP contribution in [0.5, 0.6) is 5.75 Å². The van der Waals surface area contributed by atoms with Gasteiger partial charge >= 0.3 is 0 Å². The van der Waals surface area contributed by atoms with Gasteiger partial charge < -0.3 is 20.3 Å². The first-order chi connectivity index (χ1) is 10.1. The van der Waals surface area contributed by atoms with Gasteiger partial charge in [0.05, 0.1) is 6.61 Å². The Balaban J connectivity index is 2.25. The van der Waals surface area contributed by atoms with Gasteiger partial charge in [0.2, 0.25) is 0 Å². The highest BCUT2D eigenvalue weighted by Crippen LogP contribution is 2.33. The van der Waals surface area contributed by atoms with E-state index in [1.54, 1.807) is 0 Å². The number of fused-ring (bicyclic) bond motifs is 1. The summed E-state index contributed by atoms with van der Waals surface area (Å²) in [6.45, 7) is 4.86. The summed E-state index contributed by atoms with van der Waals surface area (Å²) >= 11 is 0. The third-order valence-corrected chi connectivity index (χ3v) is 3.34. The lowest BCUT2D eigenvalue weighted by atomic mass is 10.0. The highest BCUT2D eigenvalue weighted by atomic mass is 16.5. The van der Waals surface area contributed by atoms with Gasteiger partial charge in [0.1, 0.15) is 18.5 Å². The van der Waals surface area contributed by atoms with Crippen molar-refractivity contribution in [1.29, 1.82) is 0 Å². The van der Waals surface area contributed by atoms with E-state index in [-0.39, 0.29) is 19.3 Å². The van der Waals surface area contributed by atoms with Crippen LogP contribution in [0, 0.1) is 0 Å². The Bertz CT molecular complexity index is 583. The van der Waals surface area contributed by atoms with Crippen molar-refractivity contribution >= 4 is 10.8 Å². The van der Waals surface area contributed by atoms with Gasteiger partial charge in [0.15, 0.2) is 0 Å². The van der Waals surface area contributed by atoms with Gasteiger partial charge in [-0.25, -0.2) is 0 Å². The second-order valence-electron chi connectivity index (χ2n) is 5.12. The average molecular weight is 289 g/mol. The second-order valence-corrected chi connectivity index (χ2v) is 5.12. The van der Waals surface area contributed by atoms with Crippen LogP contribution in [0.1, 0.15) is 25.5 Å². The van der Waals surface area contributed by atoms with Gasteiger partial charge in [0, 0.05) is 23.6 Å². The fourth-order valence-electron chi connectivity index (χ4n) is 2.26. The lowest BCUT2D eigenvalue weighted by molar-refractivity contribution is 0.0165. The van der Waals surface area contributed by atoms with E-state index in [9.17, 15) is 5.11 Å². The number of hydrogen-bond donors (Lipinski definition) is 2. The SMILES string of the molecule is CCOCC(O)COc1c(C(C)N)ccc2ccccc12. The number of benzene rings is 2. The minimum atomic E-state index is -0.648. The molecule has 0 aliphatic heterocycles. The van der Waals surface area contributed by atoms with Crippen molar-refractivity contribution in [3.8, 4) is 5.75 Å². The summed E-state index contributed by atoms with van der Waals surface area (Å²) in [6.07, 6.45) is -0.648. The molecular weight excluding hydrogens is 266 g/mol. The van der Waals surface area contributed by atoms with Gasteiger partial charge in [-0.1, -0.05) is 36.4 Å². The molecule has 0 heterocycles. The summed E-state index contributed by atoms with van der Waals surface area (Å²) in [5.74, 6) is 0.749. The maximum Gasteiger partial charge on any atom is 0.132 e. The Morgan fingerprint density at radius 1 is 1.14 bits per heavy atom. The van der Waals surface area contributed by atoms with E-state index in [0.29, 0.717) is 6.61 Å². The summed E-state index contributed by atoms with van der Waals surface area (Å²) in [5, 5.41) is 12.0. The Labute approximate surface area is 125 Å². The molecule has 2 rings (SSSR count). The molecule has 114 valence electrons. The number of nitrogens with two attached hydrogens (primary N) is 1. The van der Waals surface area contributed by atoms with Crippen molar-refractivity contribution in [3.05, 3.63) is 42.0 Å². The zero-order chi connectivity index (χ0) is 15.2. The highest BCUT2D eigenvalue weighted by molar-refractivity contribution is 5.89. The van der Waals surface area contributed by atoms with Gasteiger partial charge in [-0.15, -0.1) is 0 Å². The third-order valence-electron chi connectivity index (χ3n) is 3.34. The van der Waals surface area contributed by atoms with Gasteiger partial charge in [-0.2, -0.15) is 0 Å². The van der Waals surface area contributed by atoms with Crippen LogP contribution in [0.25, 0.3) is 10.8 Å². The van der Waals surface area contributed by atoms with Crippen LogP contribution in [0.15, 0.2) is 36.4 Å². The van der Waals surface area contributed by atoms with E-state index in [4.69, 9.17) is 15.2 Å². The van der Waals surface area contributed by atoms with Gasteiger partial charge in [-0.3, -0.25) is 0 Å². The molecule has 3 N–H and O–H groups in total. The molecule has 2 unspecified atom stereocenters. The van der Waals surface area contributed by atoms with Crippen LogP contribution < -0.4 is 10.5 Å². The summed E-state index contributed by atoms with van der Waals surface area (Å²) in [6, 6.07) is 11.9. The topological polar surface area (TPSA) is 64.7 Å². The molecule has 0 saturated carbocycles. The Morgan fingerprint density at radius 3 is 2.62 bits per heavy atom. The second kappa shape index (κ2) is 7.41. The summed E-state index contributed by atoms with van der Waals surface area (Å²) in [5.41, 5.74) is 6.97. The monoisotopic (exact) mass is 289 g/mol. The number of aliphatic hydroxyl groups excluding tert-OH is 1. The molecule has 2 atom stereocenters. The Morgan fingerprint density at radius 2 is 1.90 bits per heavy atom. The predicted octanol–water partition coefficient (Wildman–Crippen LogP) is 2.64. The molecular formula is C17H23NO3. The molecule has 21 heavy (non-hydrogen) atoms. The van der Waals surface area contributed by atoms with Crippen LogP contribution in [0.4, 0.5) is 0 Å². The quantitative estimate of drug-likeness (QED) is 0.822. The molecule has 0 amide bonds. The zero-order valence-electron chi connectivity index (χ0n) is 12.6. The lowest BCUT2D eigenvalue weighted by Crippen LogP contribution is -2.24. The largest absolute Gasteiger partial charge is 0.490 e. The van der Waals surface area contributed by atoms with E-state index in [2.05, 4.69) is 0 Å². The van der Waals surface area contributed by atoms with Crippen molar-refractivity contribution in [1.82, 2.24) is 0 Å². The smallest absolute Gasteiger partial charge is 0.132 e. The number of aliphatic hydroxyl groups is 1. The molecule has 0 aromatic heterocycles. The molecule has 4 heteroatoms. The molecule has 4 nitrogen and oxygen atoms in total. The molecule has 0 aliphatic carbocycles. The maximum atomic E-state index is 9.86. The molecule has 0 bridgehead atoms. The minimum Gasteiger partial charge on any atom is -0.490 e. The Kier molecular flexibility index (Phi) is 5.56. The number of hydrogen-bond acceptors (Lipinski definition) is 4. The first-order valence-corrected chi connectivity index (χ1v) is 7.29. The van der Waals surface area contributed by atoms with E-state index >= 15 is 0 Å². The van der Waals surface area contributed by atoms with Crippen LogP contribution in [0.3, 0.4) is 0 Å². The van der Waals surface area contributed by atoms with E-state index in [1.807, 2.05) is 50.2 Å². The number of rotatable bonds is 7. The molecule has 0 radical (unpaired) electrons. The summed E-state index contributed by atoms with van der Waals surface area (Å²) in [7, 11) is 0. The van der Waals surface area contributed by atoms with Crippen molar-refractivity contribution in [2.45, 2.75) is 26.0 Å². The fourth-order valence-corrected chi connectivity index (χ4v) is 2.26. The van der Waals surface area contributed by atoms with Crippen molar-refractivity contribution in [2.75, 3.05) is 19.8 Å². The molecule has 0 saturated heterocycles. The lowest BCUT2D eigenvalue weighted by Gasteiger charge is -2.18. The first kappa shape index (κ1) is 15.8. The minimum absolute atomic E-state index is 0.131. The maximum absolute atomic E-state index is 9.86. The van der Waals surface area contributed by atoms with Crippen LogP contribution >= 0.6 is 0 Å². The van der Waals surface area contributed by atoms with Crippen LogP contribution in [0.2, 0.25) is 0 Å². The van der Waals surface area contributed by atoms with Crippen molar-refractivity contribution in [2.24, 2.45) is 5.73 Å². The highest BCUT2D eigenvalue weighted by Gasteiger charge is 2.14. The van der Waals surface area contributed by atoms with Crippen LogP contribution in [-0.4, -0.2) is 31.0 Å². The van der Waals surface area contributed by atoms with Gasteiger partial charge in [0.25, 0.3) is 0 Å². The van der Waals surface area contributed by atoms with Crippen molar-refractivity contribution < 1.29 is 14.6 Å². The summed E-state index contributed by atoms with van der Waals surface area (Å²) < 4.78 is 11.1. The molecule has 0 aliphatic rings. The Hall–Kier alpha value is -1.62. The van der Waals surface area contributed by atoms with Crippen molar-refractivity contribution in [3.63, 3.8) is 0 Å². The molecule has 0 fully saturated rings. The standard InChI is InChI=1S/C17H23NO3/c1-3-20-10-14(19)11-21-17-15(12(2)18)9-8-13-6-4-5-7-16(13)17/h4-9,12,14,19H,3,10-11,18H2,1-2H3. The fraction of sp³-hybridized carbons (Fsp3) is 0.412. The van der Waals surface area contributed by atoms with E-state index in [1.165, 1.54) is 0 Å². The third kappa shape index (κ3) is 3.94. The molecule has 2 aromatic rings. The zero-order valence-corrected chi connectivity index (χ0v) is 12.6. The van der Waals surface area contributed by atoms with E-state index < -0.39 is 6.10 Å².